The van der Waals surface area contributed by atoms with Crippen molar-refractivity contribution in [2.24, 2.45) is 0 Å². The predicted octanol–water partition coefficient (Wildman–Crippen LogP) is 4.01. The van der Waals surface area contributed by atoms with E-state index in [-0.39, 0.29) is 16.9 Å². The summed E-state index contributed by atoms with van der Waals surface area (Å²) >= 11 is 1.90. The fraction of sp³-hybridized carbons (Fsp3) is 0.286. The quantitative estimate of drug-likeness (QED) is 0.781. The van der Waals surface area contributed by atoms with E-state index in [2.05, 4.69) is 9.97 Å². The summed E-state index contributed by atoms with van der Waals surface area (Å²) in [6.45, 7) is 1.95. The van der Waals surface area contributed by atoms with Crippen LogP contribution in [0.3, 0.4) is 0 Å². The molecule has 2 aromatic rings. The number of rotatable bonds is 3. The lowest BCUT2D eigenvalue weighted by Gasteiger charge is -2.09. The SMILES string of the molecule is CCCc1nc(-c2cccc(C(F)(F)F)c2)[nH]c(=O)c1I. The van der Waals surface area contributed by atoms with Crippen molar-refractivity contribution in [3.63, 3.8) is 0 Å². The van der Waals surface area contributed by atoms with E-state index in [0.29, 0.717) is 15.7 Å². The Balaban J connectivity index is 2.54. The zero-order valence-electron chi connectivity index (χ0n) is 11.1. The molecule has 0 atom stereocenters. The Bertz CT molecular complexity index is 710. The first-order valence-corrected chi connectivity index (χ1v) is 7.37. The van der Waals surface area contributed by atoms with Gasteiger partial charge in [-0.25, -0.2) is 4.98 Å². The molecule has 0 amide bonds. The van der Waals surface area contributed by atoms with Gasteiger partial charge in [0.15, 0.2) is 0 Å². The second kappa shape index (κ2) is 6.17. The van der Waals surface area contributed by atoms with Gasteiger partial charge in [-0.15, -0.1) is 0 Å². The lowest BCUT2D eigenvalue weighted by atomic mass is 10.1. The number of aryl methyl sites for hydroxylation is 1. The highest BCUT2D eigenvalue weighted by atomic mass is 127. The molecule has 7 heteroatoms. The molecule has 1 N–H and O–H groups in total. The Morgan fingerprint density at radius 1 is 1.33 bits per heavy atom. The molecule has 0 aliphatic heterocycles. The molecule has 1 aromatic heterocycles. The fourth-order valence-corrected chi connectivity index (χ4v) is 2.41. The van der Waals surface area contributed by atoms with E-state index in [1.54, 1.807) is 0 Å². The number of H-pyrrole nitrogens is 1. The average molecular weight is 408 g/mol. The summed E-state index contributed by atoms with van der Waals surface area (Å²) in [6.07, 6.45) is -3.02. The minimum Gasteiger partial charge on any atom is -0.306 e. The van der Waals surface area contributed by atoms with Gasteiger partial charge in [0.2, 0.25) is 0 Å². The Labute approximate surface area is 132 Å². The lowest BCUT2D eigenvalue weighted by Crippen LogP contribution is -2.16. The highest BCUT2D eigenvalue weighted by Crippen LogP contribution is 2.31. The Morgan fingerprint density at radius 3 is 2.67 bits per heavy atom. The van der Waals surface area contributed by atoms with Crippen LogP contribution < -0.4 is 5.56 Å². The topological polar surface area (TPSA) is 45.8 Å². The summed E-state index contributed by atoms with van der Waals surface area (Å²) in [6, 6.07) is 4.77. The minimum atomic E-state index is -4.42. The number of hydrogen-bond acceptors (Lipinski definition) is 2. The largest absolute Gasteiger partial charge is 0.416 e. The normalized spacial score (nSPS) is 11.7. The smallest absolute Gasteiger partial charge is 0.306 e. The average Bonchev–Trinajstić information content (AvgIpc) is 2.43. The van der Waals surface area contributed by atoms with Crippen LogP contribution in [0.5, 0.6) is 0 Å². The van der Waals surface area contributed by atoms with Crippen LogP contribution in [-0.2, 0) is 12.6 Å². The van der Waals surface area contributed by atoms with Crippen molar-refractivity contribution in [3.05, 3.63) is 49.4 Å². The third-order valence-corrected chi connectivity index (χ3v) is 3.99. The first kappa shape index (κ1) is 16.0. The van der Waals surface area contributed by atoms with Crippen molar-refractivity contribution in [3.8, 4) is 11.4 Å². The molecule has 0 radical (unpaired) electrons. The zero-order valence-corrected chi connectivity index (χ0v) is 13.2. The second-order valence-electron chi connectivity index (χ2n) is 4.50. The Kier molecular flexibility index (Phi) is 4.70. The molecule has 21 heavy (non-hydrogen) atoms. The van der Waals surface area contributed by atoms with Gasteiger partial charge in [-0.2, -0.15) is 13.2 Å². The second-order valence-corrected chi connectivity index (χ2v) is 5.58. The first-order chi connectivity index (χ1) is 9.82. The Morgan fingerprint density at radius 2 is 2.05 bits per heavy atom. The molecule has 0 unspecified atom stereocenters. The fourth-order valence-electron chi connectivity index (χ4n) is 1.89. The third-order valence-electron chi connectivity index (χ3n) is 2.88. The van der Waals surface area contributed by atoms with E-state index in [1.165, 1.54) is 12.1 Å². The van der Waals surface area contributed by atoms with E-state index in [9.17, 15) is 18.0 Å². The minimum absolute atomic E-state index is 0.162. The molecular weight excluding hydrogens is 396 g/mol. The van der Waals surface area contributed by atoms with Gasteiger partial charge in [0.25, 0.3) is 5.56 Å². The third kappa shape index (κ3) is 3.63. The maximum Gasteiger partial charge on any atom is 0.416 e. The summed E-state index contributed by atoms with van der Waals surface area (Å²) in [5.41, 5.74) is -0.246. The van der Waals surface area contributed by atoms with E-state index in [1.807, 2.05) is 29.5 Å². The van der Waals surface area contributed by atoms with Crippen LogP contribution in [0.1, 0.15) is 24.6 Å². The summed E-state index contributed by atoms with van der Waals surface area (Å²) in [7, 11) is 0. The summed E-state index contributed by atoms with van der Waals surface area (Å²) in [4.78, 5) is 18.7. The molecule has 0 spiro atoms. The van der Waals surface area contributed by atoms with Crippen LogP contribution in [0.25, 0.3) is 11.4 Å². The van der Waals surface area contributed by atoms with Crippen molar-refractivity contribution >= 4 is 22.6 Å². The van der Waals surface area contributed by atoms with Crippen LogP contribution >= 0.6 is 22.6 Å². The number of aromatic amines is 1. The van der Waals surface area contributed by atoms with Gasteiger partial charge in [-0.3, -0.25) is 4.79 Å². The lowest BCUT2D eigenvalue weighted by molar-refractivity contribution is -0.137. The van der Waals surface area contributed by atoms with Crippen molar-refractivity contribution < 1.29 is 13.2 Å². The summed E-state index contributed by atoms with van der Waals surface area (Å²) in [5.74, 6) is 0.162. The first-order valence-electron chi connectivity index (χ1n) is 6.29. The molecule has 0 fully saturated rings. The van der Waals surface area contributed by atoms with Crippen molar-refractivity contribution in [1.82, 2.24) is 9.97 Å². The summed E-state index contributed by atoms with van der Waals surface area (Å²) in [5, 5.41) is 0. The van der Waals surface area contributed by atoms with Gasteiger partial charge >= 0.3 is 6.18 Å². The van der Waals surface area contributed by atoms with Gasteiger partial charge in [0.05, 0.1) is 14.8 Å². The van der Waals surface area contributed by atoms with Crippen LogP contribution in [0, 0.1) is 3.57 Å². The molecule has 1 aromatic carbocycles. The highest BCUT2D eigenvalue weighted by molar-refractivity contribution is 14.1. The molecule has 0 aliphatic rings. The van der Waals surface area contributed by atoms with E-state index < -0.39 is 11.7 Å². The van der Waals surface area contributed by atoms with Crippen LogP contribution in [0.15, 0.2) is 29.1 Å². The Hall–Kier alpha value is -1.38. The molecule has 0 bridgehead atoms. The van der Waals surface area contributed by atoms with Gasteiger partial charge in [0.1, 0.15) is 5.82 Å². The van der Waals surface area contributed by atoms with Crippen LogP contribution in [0.4, 0.5) is 13.2 Å². The van der Waals surface area contributed by atoms with Gasteiger partial charge in [-0.05, 0) is 41.1 Å². The van der Waals surface area contributed by atoms with Gasteiger partial charge in [0, 0.05) is 5.56 Å². The van der Waals surface area contributed by atoms with E-state index in [4.69, 9.17) is 0 Å². The van der Waals surface area contributed by atoms with Crippen molar-refractivity contribution in [1.29, 1.82) is 0 Å². The predicted molar refractivity (Wildman–Crippen MR) is 82.0 cm³/mol. The van der Waals surface area contributed by atoms with Crippen LogP contribution in [-0.4, -0.2) is 9.97 Å². The molecule has 0 saturated heterocycles. The number of alkyl halides is 3. The number of benzene rings is 1. The number of hydrogen-bond donors (Lipinski definition) is 1. The molecular formula is C14H12F3IN2O. The standard InChI is InChI=1S/C14H12F3IN2O/c1-2-4-10-11(18)13(21)20-12(19-10)8-5-3-6-9(7-8)14(15,16)17/h3,5-7H,2,4H2,1H3,(H,19,20,21). The number of nitrogens with one attached hydrogen (secondary N) is 1. The van der Waals surface area contributed by atoms with Crippen LogP contribution in [0.2, 0.25) is 0 Å². The number of halogens is 4. The van der Waals surface area contributed by atoms with Crippen molar-refractivity contribution in [2.75, 3.05) is 0 Å². The molecule has 112 valence electrons. The highest BCUT2D eigenvalue weighted by Gasteiger charge is 2.30. The molecule has 2 rings (SSSR count). The zero-order chi connectivity index (χ0) is 15.6. The molecule has 1 heterocycles. The van der Waals surface area contributed by atoms with E-state index in [0.717, 1.165) is 18.6 Å². The van der Waals surface area contributed by atoms with Gasteiger partial charge in [-0.1, -0.05) is 25.5 Å². The number of nitrogens with zero attached hydrogens (tertiary/aromatic N) is 1. The molecule has 0 aliphatic carbocycles. The number of aromatic nitrogens is 2. The van der Waals surface area contributed by atoms with Gasteiger partial charge < -0.3 is 4.98 Å². The van der Waals surface area contributed by atoms with Crippen molar-refractivity contribution in [2.45, 2.75) is 25.9 Å². The molecule has 0 saturated carbocycles. The maximum atomic E-state index is 12.7. The summed E-state index contributed by atoms with van der Waals surface area (Å²) < 4.78 is 38.7. The monoisotopic (exact) mass is 408 g/mol. The maximum absolute atomic E-state index is 12.7. The van der Waals surface area contributed by atoms with E-state index >= 15 is 0 Å². The molecule has 3 nitrogen and oxygen atoms in total.